The number of piperidine rings is 1. The van der Waals surface area contributed by atoms with Gasteiger partial charge < -0.3 is 14.7 Å². The summed E-state index contributed by atoms with van der Waals surface area (Å²) >= 11 is 0. The highest BCUT2D eigenvalue weighted by molar-refractivity contribution is 4.93. The third-order valence-corrected chi connectivity index (χ3v) is 5.09. The van der Waals surface area contributed by atoms with E-state index in [4.69, 9.17) is 4.52 Å². The summed E-state index contributed by atoms with van der Waals surface area (Å²) in [6, 6.07) is 0.230. The molecule has 0 bridgehead atoms. The largest absolute Gasteiger partial charge is 0.338 e. The van der Waals surface area contributed by atoms with E-state index in [2.05, 4.69) is 39.1 Å². The zero-order valence-electron chi connectivity index (χ0n) is 13.9. The maximum absolute atomic E-state index is 5.40. The first-order chi connectivity index (χ1) is 10.8. The molecule has 2 aliphatic heterocycles. The average Bonchev–Trinajstić information content (AvgIpc) is 3.05. The van der Waals surface area contributed by atoms with Crippen molar-refractivity contribution in [1.29, 1.82) is 0 Å². The minimum atomic E-state index is 0.230. The maximum Gasteiger partial charge on any atom is 0.243 e. The lowest BCUT2D eigenvalue weighted by molar-refractivity contribution is 0.0757. The number of hydrogen-bond donors (Lipinski definition) is 1. The van der Waals surface area contributed by atoms with Crippen LogP contribution in [-0.2, 0) is 6.42 Å². The van der Waals surface area contributed by atoms with Gasteiger partial charge in [-0.05, 0) is 38.8 Å². The number of aromatic nitrogens is 2. The molecule has 0 radical (unpaired) electrons. The number of nitrogens with one attached hydrogen (secondary N) is 1. The summed E-state index contributed by atoms with van der Waals surface area (Å²) in [6.07, 6.45) is 3.50. The Morgan fingerprint density at radius 1 is 1.23 bits per heavy atom. The molecule has 1 atom stereocenters. The van der Waals surface area contributed by atoms with Crippen LogP contribution in [0.3, 0.4) is 0 Å². The Labute approximate surface area is 133 Å². The first kappa shape index (κ1) is 15.9. The quantitative estimate of drug-likeness (QED) is 0.885. The van der Waals surface area contributed by atoms with Crippen molar-refractivity contribution in [2.75, 3.05) is 45.8 Å². The molecule has 1 aromatic rings. The van der Waals surface area contributed by atoms with Crippen molar-refractivity contribution < 1.29 is 4.52 Å². The van der Waals surface area contributed by atoms with Crippen molar-refractivity contribution in [1.82, 2.24) is 25.3 Å². The van der Waals surface area contributed by atoms with Crippen molar-refractivity contribution in [3.8, 4) is 0 Å². The zero-order chi connectivity index (χ0) is 15.4. The van der Waals surface area contributed by atoms with Crippen LogP contribution < -0.4 is 5.32 Å². The van der Waals surface area contributed by atoms with Gasteiger partial charge in [-0.1, -0.05) is 12.1 Å². The highest BCUT2D eigenvalue weighted by atomic mass is 16.5. The second kappa shape index (κ2) is 7.53. The van der Waals surface area contributed by atoms with Crippen LogP contribution in [0.25, 0.3) is 0 Å². The third-order valence-electron chi connectivity index (χ3n) is 5.09. The minimum Gasteiger partial charge on any atom is -0.338 e. The molecule has 1 unspecified atom stereocenters. The van der Waals surface area contributed by atoms with Gasteiger partial charge in [-0.15, -0.1) is 0 Å². The molecule has 6 heteroatoms. The van der Waals surface area contributed by atoms with Crippen LogP contribution >= 0.6 is 0 Å². The lowest BCUT2D eigenvalue weighted by Gasteiger charge is -2.38. The van der Waals surface area contributed by atoms with Gasteiger partial charge in [0.1, 0.15) is 0 Å². The van der Waals surface area contributed by atoms with Gasteiger partial charge in [0.05, 0.1) is 6.04 Å². The summed E-state index contributed by atoms with van der Waals surface area (Å²) in [6.45, 7) is 12.4. The SMILES string of the molecule is CCc1noc(C(C)N2CCN(CC3CCNCC3)CC2)n1. The topological polar surface area (TPSA) is 57.4 Å². The zero-order valence-corrected chi connectivity index (χ0v) is 13.9. The number of hydrogen-bond acceptors (Lipinski definition) is 6. The van der Waals surface area contributed by atoms with E-state index in [9.17, 15) is 0 Å². The molecular weight excluding hydrogens is 278 g/mol. The highest BCUT2D eigenvalue weighted by Crippen LogP contribution is 2.21. The molecule has 3 rings (SSSR count). The van der Waals surface area contributed by atoms with Crippen LogP contribution in [0, 0.1) is 5.92 Å². The van der Waals surface area contributed by atoms with Crippen LogP contribution in [0.4, 0.5) is 0 Å². The molecule has 2 saturated heterocycles. The smallest absolute Gasteiger partial charge is 0.243 e. The molecule has 3 heterocycles. The number of nitrogens with zero attached hydrogens (tertiary/aromatic N) is 4. The van der Waals surface area contributed by atoms with Gasteiger partial charge in [0, 0.05) is 39.1 Å². The number of aryl methyl sites for hydroxylation is 1. The number of rotatable bonds is 5. The van der Waals surface area contributed by atoms with E-state index in [0.29, 0.717) is 0 Å². The first-order valence-corrected chi connectivity index (χ1v) is 8.76. The van der Waals surface area contributed by atoms with Gasteiger partial charge in [-0.3, -0.25) is 4.90 Å². The molecule has 2 fully saturated rings. The Hall–Kier alpha value is -0.980. The van der Waals surface area contributed by atoms with Gasteiger partial charge >= 0.3 is 0 Å². The normalized spacial score (nSPS) is 23.7. The fourth-order valence-corrected chi connectivity index (χ4v) is 3.50. The van der Waals surface area contributed by atoms with Crippen molar-refractivity contribution in [3.63, 3.8) is 0 Å². The second-order valence-corrected chi connectivity index (χ2v) is 6.61. The molecule has 1 N–H and O–H groups in total. The fourth-order valence-electron chi connectivity index (χ4n) is 3.50. The summed E-state index contributed by atoms with van der Waals surface area (Å²) in [7, 11) is 0. The standard InChI is InChI=1S/C16H29N5O/c1-3-15-18-16(22-19-15)13(2)21-10-8-20(9-11-21)12-14-4-6-17-7-5-14/h13-14,17H,3-12H2,1-2H3. The van der Waals surface area contributed by atoms with Crippen LogP contribution in [0.15, 0.2) is 4.52 Å². The Morgan fingerprint density at radius 2 is 1.95 bits per heavy atom. The van der Waals surface area contributed by atoms with Crippen molar-refractivity contribution >= 4 is 0 Å². The molecule has 0 saturated carbocycles. The average molecular weight is 307 g/mol. The first-order valence-electron chi connectivity index (χ1n) is 8.76. The molecular formula is C16H29N5O. The Morgan fingerprint density at radius 3 is 2.59 bits per heavy atom. The monoisotopic (exact) mass is 307 g/mol. The maximum atomic E-state index is 5.40. The van der Waals surface area contributed by atoms with Crippen LogP contribution in [0.1, 0.15) is 44.4 Å². The summed E-state index contributed by atoms with van der Waals surface area (Å²) < 4.78 is 5.40. The van der Waals surface area contributed by atoms with Crippen molar-refractivity contribution in [3.05, 3.63) is 11.7 Å². The van der Waals surface area contributed by atoms with Gasteiger partial charge in [0.15, 0.2) is 5.82 Å². The third kappa shape index (κ3) is 3.86. The molecule has 0 aliphatic carbocycles. The lowest BCUT2D eigenvalue weighted by atomic mass is 9.97. The van der Waals surface area contributed by atoms with E-state index in [1.165, 1.54) is 32.5 Å². The minimum absolute atomic E-state index is 0.230. The summed E-state index contributed by atoms with van der Waals surface area (Å²) in [5.74, 6) is 2.46. The summed E-state index contributed by atoms with van der Waals surface area (Å²) in [5, 5.41) is 7.46. The van der Waals surface area contributed by atoms with E-state index in [1.807, 2.05) is 0 Å². The highest BCUT2D eigenvalue weighted by Gasteiger charge is 2.26. The van der Waals surface area contributed by atoms with Crippen LogP contribution in [0.2, 0.25) is 0 Å². The molecule has 22 heavy (non-hydrogen) atoms. The predicted molar refractivity (Wildman–Crippen MR) is 85.7 cm³/mol. The molecule has 124 valence electrons. The Kier molecular flexibility index (Phi) is 5.44. The van der Waals surface area contributed by atoms with Gasteiger partial charge in [-0.25, -0.2) is 0 Å². The van der Waals surface area contributed by atoms with Gasteiger partial charge in [0.2, 0.25) is 5.89 Å². The summed E-state index contributed by atoms with van der Waals surface area (Å²) in [5.41, 5.74) is 0. The van der Waals surface area contributed by atoms with Crippen LogP contribution in [0.5, 0.6) is 0 Å². The molecule has 0 amide bonds. The van der Waals surface area contributed by atoms with Crippen molar-refractivity contribution in [2.45, 2.75) is 39.2 Å². The number of piperazine rings is 1. The molecule has 2 aliphatic rings. The van der Waals surface area contributed by atoms with Gasteiger partial charge in [-0.2, -0.15) is 4.98 Å². The molecule has 6 nitrogen and oxygen atoms in total. The van der Waals surface area contributed by atoms with Crippen molar-refractivity contribution in [2.24, 2.45) is 5.92 Å². The molecule has 1 aromatic heterocycles. The molecule has 0 spiro atoms. The van der Waals surface area contributed by atoms with Gasteiger partial charge in [0.25, 0.3) is 0 Å². The van der Waals surface area contributed by atoms with Crippen LogP contribution in [-0.4, -0.2) is 65.8 Å². The Balaban J connectivity index is 1.46. The Bertz CT molecular complexity index is 449. The second-order valence-electron chi connectivity index (χ2n) is 6.61. The molecule has 0 aromatic carbocycles. The van der Waals surface area contributed by atoms with E-state index in [1.54, 1.807) is 0 Å². The summed E-state index contributed by atoms with van der Waals surface area (Å²) in [4.78, 5) is 9.57. The lowest BCUT2D eigenvalue weighted by Crippen LogP contribution is -2.49. The van der Waals surface area contributed by atoms with E-state index in [0.717, 1.165) is 50.2 Å². The van der Waals surface area contributed by atoms with E-state index >= 15 is 0 Å². The fraction of sp³-hybridized carbons (Fsp3) is 0.875. The van der Waals surface area contributed by atoms with E-state index in [-0.39, 0.29) is 6.04 Å². The predicted octanol–water partition coefficient (Wildman–Crippen LogP) is 1.31. The van der Waals surface area contributed by atoms with E-state index < -0.39 is 0 Å².